The minimum Gasteiger partial charge on any atom is -0.327 e. The van der Waals surface area contributed by atoms with Crippen molar-refractivity contribution in [2.24, 2.45) is 34.8 Å². The normalized spacial score (nSPS) is 59.0. The van der Waals surface area contributed by atoms with Crippen LogP contribution in [0.1, 0.15) is 52.4 Å². The minimum absolute atomic E-state index is 0.547. The molecule has 1 nitrogen and oxygen atoms in total. The summed E-state index contributed by atoms with van der Waals surface area (Å²) < 4.78 is 0. The van der Waals surface area contributed by atoms with Crippen molar-refractivity contribution in [3.63, 3.8) is 0 Å². The van der Waals surface area contributed by atoms with Crippen LogP contribution in [0.2, 0.25) is 0 Å². The second-order valence-electron chi connectivity index (χ2n) is 6.73. The van der Waals surface area contributed by atoms with Crippen LogP contribution in [0, 0.1) is 29.1 Å². The van der Waals surface area contributed by atoms with Gasteiger partial charge in [-0.25, -0.2) is 0 Å². The van der Waals surface area contributed by atoms with Gasteiger partial charge in [-0.15, -0.1) is 0 Å². The number of nitrogens with two attached hydrogens (primary N) is 1. The Balaban J connectivity index is 1.85. The van der Waals surface area contributed by atoms with Gasteiger partial charge in [0, 0.05) is 6.04 Å². The standard InChI is InChI=1S/C14H25N/c1-9-5-6-14(8-10(9)2)12-4-3-11(7-12)13(14)15/h9-13H,3-8,15H2,1-2H3/t9?,10?,11-,12?,13-,14?/m1/s1. The van der Waals surface area contributed by atoms with E-state index in [0.717, 1.165) is 23.7 Å². The fourth-order valence-electron chi connectivity index (χ4n) is 4.96. The van der Waals surface area contributed by atoms with Crippen molar-refractivity contribution in [2.75, 3.05) is 0 Å². The van der Waals surface area contributed by atoms with Gasteiger partial charge in [-0.1, -0.05) is 13.8 Å². The largest absolute Gasteiger partial charge is 0.327 e. The Labute approximate surface area is 93.8 Å². The van der Waals surface area contributed by atoms with Crippen LogP contribution in [-0.4, -0.2) is 6.04 Å². The van der Waals surface area contributed by atoms with Gasteiger partial charge >= 0.3 is 0 Å². The maximum atomic E-state index is 6.54. The third-order valence-corrected chi connectivity index (χ3v) is 6.20. The first-order valence-electron chi connectivity index (χ1n) is 6.89. The average molecular weight is 207 g/mol. The molecule has 3 fully saturated rings. The maximum absolute atomic E-state index is 6.54. The predicted octanol–water partition coefficient (Wildman–Crippen LogP) is 3.19. The number of rotatable bonds is 0. The highest BCUT2D eigenvalue weighted by Crippen LogP contribution is 2.62. The van der Waals surface area contributed by atoms with Crippen molar-refractivity contribution in [3.8, 4) is 0 Å². The van der Waals surface area contributed by atoms with Crippen molar-refractivity contribution < 1.29 is 0 Å². The lowest BCUT2D eigenvalue weighted by Crippen LogP contribution is -2.49. The zero-order chi connectivity index (χ0) is 10.6. The predicted molar refractivity (Wildman–Crippen MR) is 63.4 cm³/mol. The van der Waals surface area contributed by atoms with Gasteiger partial charge in [0.15, 0.2) is 0 Å². The van der Waals surface area contributed by atoms with E-state index in [-0.39, 0.29) is 0 Å². The molecule has 0 aromatic rings. The van der Waals surface area contributed by atoms with Crippen LogP contribution in [-0.2, 0) is 0 Å². The van der Waals surface area contributed by atoms with E-state index in [9.17, 15) is 0 Å². The lowest BCUT2D eigenvalue weighted by atomic mass is 9.58. The van der Waals surface area contributed by atoms with Crippen LogP contribution in [0.3, 0.4) is 0 Å². The number of hydrogen-bond acceptors (Lipinski definition) is 1. The molecule has 0 aliphatic heterocycles. The number of fused-ring (bicyclic) bond motifs is 3. The summed E-state index contributed by atoms with van der Waals surface area (Å²) in [6.07, 6.45) is 8.66. The second-order valence-corrected chi connectivity index (χ2v) is 6.73. The summed E-state index contributed by atoms with van der Waals surface area (Å²) in [7, 11) is 0. The zero-order valence-corrected chi connectivity index (χ0v) is 10.2. The molecule has 3 aliphatic rings. The van der Waals surface area contributed by atoms with Gasteiger partial charge in [0.25, 0.3) is 0 Å². The molecule has 3 saturated carbocycles. The Morgan fingerprint density at radius 1 is 1.07 bits per heavy atom. The van der Waals surface area contributed by atoms with Crippen LogP contribution < -0.4 is 5.73 Å². The van der Waals surface area contributed by atoms with Crippen molar-refractivity contribution in [1.82, 2.24) is 0 Å². The van der Waals surface area contributed by atoms with Crippen molar-refractivity contribution >= 4 is 0 Å². The third kappa shape index (κ3) is 1.25. The van der Waals surface area contributed by atoms with Gasteiger partial charge in [-0.2, -0.15) is 0 Å². The quantitative estimate of drug-likeness (QED) is 0.648. The molecule has 1 heteroatoms. The molecule has 0 heterocycles. The molecule has 4 unspecified atom stereocenters. The van der Waals surface area contributed by atoms with E-state index in [4.69, 9.17) is 5.73 Å². The smallest absolute Gasteiger partial charge is 0.0127 e. The van der Waals surface area contributed by atoms with Gasteiger partial charge in [0.05, 0.1) is 0 Å². The molecule has 3 rings (SSSR count). The topological polar surface area (TPSA) is 26.0 Å². The summed E-state index contributed by atoms with van der Waals surface area (Å²) in [5, 5.41) is 0. The van der Waals surface area contributed by atoms with Crippen LogP contribution in [0.4, 0.5) is 0 Å². The number of hydrogen-bond donors (Lipinski definition) is 1. The molecule has 2 bridgehead atoms. The molecular weight excluding hydrogens is 182 g/mol. The Kier molecular flexibility index (Phi) is 2.18. The first-order valence-corrected chi connectivity index (χ1v) is 6.89. The summed E-state index contributed by atoms with van der Waals surface area (Å²) in [4.78, 5) is 0. The van der Waals surface area contributed by atoms with E-state index < -0.39 is 0 Å². The molecular formula is C14H25N. The molecule has 6 atom stereocenters. The molecule has 1 spiro atoms. The summed E-state index contributed by atoms with van der Waals surface area (Å²) in [5.74, 6) is 3.72. The highest BCUT2D eigenvalue weighted by molar-refractivity contribution is 5.10. The molecule has 0 aromatic heterocycles. The lowest BCUT2D eigenvalue weighted by Gasteiger charge is -2.49. The summed E-state index contributed by atoms with van der Waals surface area (Å²) in [6, 6.07) is 0.547. The molecule has 3 aliphatic carbocycles. The van der Waals surface area contributed by atoms with Gasteiger partial charge in [-0.3, -0.25) is 0 Å². The van der Waals surface area contributed by atoms with Crippen LogP contribution in [0.25, 0.3) is 0 Å². The summed E-state index contributed by atoms with van der Waals surface area (Å²) >= 11 is 0. The molecule has 2 N–H and O–H groups in total. The molecule has 15 heavy (non-hydrogen) atoms. The Morgan fingerprint density at radius 2 is 1.87 bits per heavy atom. The Morgan fingerprint density at radius 3 is 2.47 bits per heavy atom. The first kappa shape index (κ1) is 10.1. The van der Waals surface area contributed by atoms with Crippen molar-refractivity contribution in [1.29, 1.82) is 0 Å². The van der Waals surface area contributed by atoms with Crippen molar-refractivity contribution in [2.45, 2.75) is 58.4 Å². The highest BCUT2D eigenvalue weighted by atomic mass is 14.8. The van der Waals surface area contributed by atoms with Crippen molar-refractivity contribution in [3.05, 3.63) is 0 Å². The Hall–Kier alpha value is -0.0400. The summed E-state index contributed by atoms with van der Waals surface area (Å²) in [5.41, 5.74) is 7.12. The molecule has 0 saturated heterocycles. The molecule has 0 aromatic carbocycles. The average Bonchev–Trinajstić information content (AvgIpc) is 2.77. The lowest BCUT2D eigenvalue weighted by molar-refractivity contribution is 0.0293. The zero-order valence-electron chi connectivity index (χ0n) is 10.2. The summed E-state index contributed by atoms with van der Waals surface area (Å²) in [6.45, 7) is 4.88. The van der Waals surface area contributed by atoms with E-state index in [1.165, 1.54) is 38.5 Å². The molecule has 0 radical (unpaired) electrons. The second kappa shape index (κ2) is 3.23. The van der Waals surface area contributed by atoms with E-state index in [0.29, 0.717) is 11.5 Å². The maximum Gasteiger partial charge on any atom is 0.0127 e. The van der Waals surface area contributed by atoms with Gasteiger partial charge in [0.1, 0.15) is 0 Å². The van der Waals surface area contributed by atoms with Crippen LogP contribution in [0.15, 0.2) is 0 Å². The fraction of sp³-hybridized carbons (Fsp3) is 1.00. The minimum atomic E-state index is 0.547. The van der Waals surface area contributed by atoms with Crippen LogP contribution >= 0.6 is 0 Å². The fourth-order valence-corrected chi connectivity index (χ4v) is 4.96. The van der Waals surface area contributed by atoms with Gasteiger partial charge in [-0.05, 0) is 67.6 Å². The molecule has 86 valence electrons. The highest BCUT2D eigenvalue weighted by Gasteiger charge is 2.57. The molecule has 0 amide bonds. The van der Waals surface area contributed by atoms with E-state index in [2.05, 4.69) is 13.8 Å². The van der Waals surface area contributed by atoms with Gasteiger partial charge in [0.2, 0.25) is 0 Å². The third-order valence-electron chi connectivity index (χ3n) is 6.20. The first-order chi connectivity index (χ1) is 7.13. The SMILES string of the molecule is CC1CCC2(CC1C)C1CC[C@H](C1)[C@H]2N. The van der Waals surface area contributed by atoms with Crippen LogP contribution in [0.5, 0.6) is 0 Å². The van der Waals surface area contributed by atoms with E-state index in [1.54, 1.807) is 0 Å². The van der Waals surface area contributed by atoms with E-state index in [1.807, 2.05) is 0 Å². The van der Waals surface area contributed by atoms with E-state index >= 15 is 0 Å². The van der Waals surface area contributed by atoms with Gasteiger partial charge < -0.3 is 5.73 Å². The Bertz CT molecular complexity index is 258. The monoisotopic (exact) mass is 207 g/mol.